The molecule has 1 aliphatic heterocycles. The van der Waals surface area contributed by atoms with Crippen LogP contribution >= 0.6 is 0 Å². The highest BCUT2D eigenvalue weighted by Crippen LogP contribution is 2.26. The zero-order valence-corrected chi connectivity index (χ0v) is 7.30. The highest BCUT2D eigenvalue weighted by molar-refractivity contribution is 6.17. The quantitative estimate of drug-likeness (QED) is 0.390. The van der Waals surface area contributed by atoms with Crippen LogP contribution in [-0.4, -0.2) is 10.6 Å². The van der Waals surface area contributed by atoms with E-state index in [1.165, 1.54) is 18.2 Å². The fraction of sp³-hybridized carbons (Fsp3) is 0. The van der Waals surface area contributed by atoms with Gasteiger partial charge in [-0.15, -0.1) is 0 Å². The van der Waals surface area contributed by atoms with E-state index in [2.05, 4.69) is 5.10 Å². The summed E-state index contributed by atoms with van der Waals surface area (Å²) in [6.45, 7) is 0. The molecule has 7 heteroatoms. The Morgan fingerprint density at radius 2 is 2.27 bits per heavy atom. The van der Waals surface area contributed by atoms with E-state index in [0.717, 1.165) is 0 Å². The van der Waals surface area contributed by atoms with Gasteiger partial charge in [0.1, 0.15) is 6.07 Å². The third-order valence-electron chi connectivity index (χ3n) is 2.03. The molecule has 74 valence electrons. The Morgan fingerprint density at radius 3 is 2.87 bits per heavy atom. The number of nitrogens with zero attached hydrogens (tertiary/aromatic N) is 3. The van der Waals surface area contributed by atoms with E-state index >= 15 is 0 Å². The maximum absolute atomic E-state index is 11.2. The molecule has 0 radical (unpaired) electrons. The van der Waals surface area contributed by atoms with Gasteiger partial charge in [0.05, 0.1) is 4.92 Å². The van der Waals surface area contributed by atoms with Crippen LogP contribution < -0.4 is 5.17 Å². The fourth-order valence-corrected chi connectivity index (χ4v) is 1.42. The van der Waals surface area contributed by atoms with Crippen molar-refractivity contribution in [2.45, 2.75) is 0 Å². The normalized spacial score (nSPS) is 17.9. The zero-order chi connectivity index (χ0) is 11.0. The van der Waals surface area contributed by atoms with Crippen LogP contribution in [0.2, 0.25) is 0 Å². The van der Waals surface area contributed by atoms with E-state index in [1.807, 2.05) is 0 Å². The van der Waals surface area contributed by atoms with E-state index in [-0.39, 0.29) is 22.6 Å². The largest absolute Gasteiger partial charge is 0.601 e. The van der Waals surface area contributed by atoms with E-state index in [1.54, 1.807) is 6.07 Å². The van der Waals surface area contributed by atoms with Crippen LogP contribution in [0, 0.1) is 26.7 Å². The number of nitro groups is 1. The molecule has 0 amide bonds. The number of hydrogen-bond donors (Lipinski definition) is 1. The highest BCUT2D eigenvalue weighted by Gasteiger charge is 2.32. The smallest absolute Gasteiger partial charge is 0.285 e. The van der Waals surface area contributed by atoms with Gasteiger partial charge in [-0.25, -0.2) is 5.17 Å². The first-order valence-corrected chi connectivity index (χ1v) is 3.96. The zero-order valence-electron chi connectivity index (χ0n) is 7.30. The number of nitriles is 1. The molecule has 1 N–H and O–H groups in total. The predicted molar refractivity (Wildman–Crippen MR) is 49.2 cm³/mol. The monoisotopic (exact) mass is 204 g/mol. The van der Waals surface area contributed by atoms with Gasteiger partial charge in [-0.2, -0.15) is 5.26 Å². The van der Waals surface area contributed by atoms with E-state index in [9.17, 15) is 15.3 Å². The van der Waals surface area contributed by atoms with E-state index < -0.39 is 10.1 Å². The number of nitrogens with one attached hydrogen (secondary N) is 1. The average Bonchev–Trinajstić information content (AvgIpc) is 2.55. The first-order valence-electron chi connectivity index (χ1n) is 3.96. The van der Waals surface area contributed by atoms with Gasteiger partial charge in [-0.1, -0.05) is 5.10 Å². The summed E-state index contributed by atoms with van der Waals surface area (Å²) in [5.74, 6) is 0. The fourth-order valence-electron chi connectivity index (χ4n) is 1.42. The highest BCUT2D eigenvalue weighted by atomic mass is 16.6. The van der Waals surface area contributed by atoms with Crippen LogP contribution in [-0.2, 0) is 0 Å². The van der Waals surface area contributed by atoms with Gasteiger partial charge in [0.15, 0.2) is 11.3 Å². The van der Waals surface area contributed by atoms with Crippen LogP contribution in [0.25, 0.3) is 0 Å². The summed E-state index contributed by atoms with van der Waals surface area (Å²) in [6.07, 6.45) is 0. The Kier molecular flexibility index (Phi) is 1.93. The third kappa shape index (κ3) is 1.25. The molecular formula is C8H4N4O3. The Balaban J connectivity index is 2.72. The molecule has 7 nitrogen and oxygen atoms in total. The molecule has 0 aromatic heterocycles. The van der Waals surface area contributed by atoms with Gasteiger partial charge >= 0.3 is 0 Å². The lowest BCUT2D eigenvalue weighted by Gasteiger charge is -2.08. The van der Waals surface area contributed by atoms with Gasteiger partial charge in [0, 0.05) is 12.1 Å². The maximum Gasteiger partial charge on any atom is 0.285 e. The van der Waals surface area contributed by atoms with Crippen molar-refractivity contribution in [1.82, 2.24) is 0 Å². The van der Waals surface area contributed by atoms with Gasteiger partial charge in [0.2, 0.25) is 5.71 Å². The lowest BCUT2D eigenvalue weighted by atomic mass is 10.1. The lowest BCUT2D eigenvalue weighted by Crippen LogP contribution is -2.95. The molecule has 15 heavy (non-hydrogen) atoms. The molecule has 0 bridgehead atoms. The molecule has 1 aliphatic rings. The Labute approximate surface area is 83.6 Å². The lowest BCUT2D eigenvalue weighted by molar-refractivity contribution is -0.780. The summed E-state index contributed by atoms with van der Waals surface area (Å²) in [6, 6.07) is 5.72. The van der Waals surface area contributed by atoms with Crippen molar-refractivity contribution >= 4 is 17.1 Å². The molecule has 0 fully saturated rings. The number of rotatable bonds is 1. The summed E-state index contributed by atoms with van der Waals surface area (Å²) in [4.78, 5) is 10.0. The molecular weight excluding hydrogens is 200 g/mol. The number of quaternary nitrogens is 1. The number of hydrogen-bond acceptors (Lipinski definition) is 5. The summed E-state index contributed by atoms with van der Waals surface area (Å²) in [5, 5.41) is 33.4. The molecule has 1 heterocycles. The minimum Gasteiger partial charge on any atom is -0.601 e. The van der Waals surface area contributed by atoms with Crippen molar-refractivity contribution in [3.63, 3.8) is 0 Å². The second-order valence-electron chi connectivity index (χ2n) is 2.83. The van der Waals surface area contributed by atoms with E-state index in [0.29, 0.717) is 0 Å². The standard InChI is InChI=1S/C8H4N4O3/c9-4-5-8-6(11(13)10-5)2-1-3-7(8)12(14)15/h1-3,11H. The van der Waals surface area contributed by atoms with Crippen molar-refractivity contribution in [1.29, 1.82) is 5.26 Å². The van der Waals surface area contributed by atoms with Crippen molar-refractivity contribution in [3.05, 3.63) is 39.1 Å². The molecule has 2 rings (SSSR count). The molecule has 1 unspecified atom stereocenters. The second kappa shape index (κ2) is 3.13. The van der Waals surface area contributed by atoms with Gasteiger partial charge in [0.25, 0.3) is 5.69 Å². The van der Waals surface area contributed by atoms with Crippen molar-refractivity contribution in [2.24, 2.45) is 5.10 Å². The first kappa shape index (κ1) is 9.26. The Morgan fingerprint density at radius 1 is 1.53 bits per heavy atom. The number of nitro benzene ring substituents is 1. The summed E-state index contributed by atoms with van der Waals surface area (Å²) in [7, 11) is 0. The SMILES string of the molecule is N#CC1=N[NH+]([O-])c2cccc([N+](=O)[O-])c21. The van der Waals surface area contributed by atoms with Gasteiger partial charge < -0.3 is 5.21 Å². The van der Waals surface area contributed by atoms with E-state index in [4.69, 9.17) is 5.26 Å². The maximum atomic E-state index is 11.2. The van der Waals surface area contributed by atoms with Crippen LogP contribution in [0.1, 0.15) is 5.56 Å². The molecule has 1 aromatic carbocycles. The Hall–Kier alpha value is -2.30. The second-order valence-corrected chi connectivity index (χ2v) is 2.83. The number of benzene rings is 1. The average molecular weight is 204 g/mol. The Bertz CT molecular complexity index is 517. The summed E-state index contributed by atoms with van der Waals surface area (Å²) in [5.41, 5.74) is -0.322. The molecule has 1 atom stereocenters. The first-order chi connectivity index (χ1) is 7.15. The van der Waals surface area contributed by atoms with Crippen LogP contribution in [0.5, 0.6) is 0 Å². The van der Waals surface area contributed by atoms with Crippen molar-refractivity contribution in [3.8, 4) is 6.07 Å². The molecule has 1 aromatic rings. The van der Waals surface area contributed by atoms with Crippen LogP contribution in [0.15, 0.2) is 23.3 Å². The third-order valence-corrected chi connectivity index (χ3v) is 2.03. The van der Waals surface area contributed by atoms with Crippen LogP contribution in [0.4, 0.5) is 11.4 Å². The van der Waals surface area contributed by atoms with Crippen molar-refractivity contribution < 1.29 is 10.1 Å². The summed E-state index contributed by atoms with van der Waals surface area (Å²) >= 11 is 0. The topological polar surface area (TPSA) is 107 Å². The van der Waals surface area contributed by atoms with Gasteiger partial charge in [-0.05, 0) is 6.07 Å². The van der Waals surface area contributed by atoms with Crippen molar-refractivity contribution in [2.75, 3.05) is 0 Å². The van der Waals surface area contributed by atoms with Gasteiger partial charge in [-0.3, -0.25) is 10.1 Å². The van der Waals surface area contributed by atoms with Crippen LogP contribution in [0.3, 0.4) is 0 Å². The molecule has 0 aliphatic carbocycles. The molecule has 0 spiro atoms. The minimum atomic E-state index is -0.635. The molecule has 0 saturated carbocycles. The summed E-state index contributed by atoms with van der Waals surface area (Å²) < 4.78 is 0. The predicted octanol–water partition coefficient (Wildman–Crippen LogP) is -0.150. The minimum absolute atomic E-state index is 0.0231. The number of fused-ring (bicyclic) bond motifs is 1. The molecule has 0 saturated heterocycles.